The number of hydrogen-bond acceptors (Lipinski definition) is 4. The maximum absolute atomic E-state index is 11.1. The van der Waals surface area contributed by atoms with Crippen LogP contribution in [0.3, 0.4) is 0 Å². The smallest absolute Gasteiger partial charge is 0.238 e. The molecule has 1 amide bonds. The number of hydrogen-bond donors (Lipinski definition) is 2. The normalized spacial score (nSPS) is 43.4. The molecular formula is C9H17N3OS. The van der Waals surface area contributed by atoms with E-state index in [1.165, 1.54) is 0 Å². The lowest BCUT2D eigenvalue weighted by atomic mass is 10.1. The van der Waals surface area contributed by atoms with Gasteiger partial charge in [0.25, 0.3) is 0 Å². The molecule has 0 spiro atoms. The maximum Gasteiger partial charge on any atom is 0.238 e. The molecule has 1 saturated carbocycles. The van der Waals surface area contributed by atoms with Gasteiger partial charge in [-0.3, -0.25) is 9.69 Å². The van der Waals surface area contributed by atoms with E-state index < -0.39 is 5.54 Å². The molecule has 0 aromatic heterocycles. The molecule has 14 heavy (non-hydrogen) atoms. The molecule has 0 aromatic rings. The van der Waals surface area contributed by atoms with E-state index in [1.54, 1.807) is 0 Å². The van der Waals surface area contributed by atoms with Crippen molar-refractivity contribution in [2.45, 2.75) is 17.8 Å². The number of nitrogens with zero attached hydrogens (tertiary/aromatic N) is 1. The number of carbonyl (C=O) groups is 1. The summed E-state index contributed by atoms with van der Waals surface area (Å²) in [6.45, 7) is 4.02. The molecule has 2 aliphatic rings. The molecule has 2 rings (SSSR count). The third kappa shape index (κ3) is 1.19. The summed E-state index contributed by atoms with van der Waals surface area (Å²) < 4.78 is 0. The summed E-state index contributed by atoms with van der Waals surface area (Å²) in [5, 5.41) is 0.514. The first kappa shape index (κ1) is 10.3. The van der Waals surface area contributed by atoms with E-state index >= 15 is 0 Å². The highest BCUT2D eigenvalue weighted by molar-refractivity contribution is 7.99. The van der Waals surface area contributed by atoms with E-state index in [0.717, 1.165) is 13.1 Å². The molecule has 1 heterocycles. The molecule has 0 bridgehead atoms. The van der Waals surface area contributed by atoms with Crippen molar-refractivity contribution in [3.8, 4) is 0 Å². The van der Waals surface area contributed by atoms with Gasteiger partial charge >= 0.3 is 0 Å². The van der Waals surface area contributed by atoms with Gasteiger partial charge in [0.2, 0.25) is 5.91 Å². The number of primary amides is 1. The number of nitrogens with two attached hydrogens (primary N) is 2. The zero-order chi connectivity index (χ0) is 10.5. The van der Waals surface area contributed by atoms with E-state index in [9.17, 15) is 4.79 Å². The Morgan fingerprint density at radius 3 is 2.43 bits per heavy atom. The Bertz CT molecular complexity index is 259. The van der Waals surface area contributed by atoms with Crippen LogP contribution in [0.1, 0.15) is 6.92 Å². The minimum atomic E-state index is -0.686. The van der Waals surface area contributed by atoms with Crippen LogP contribution in [-0.4, -0.2) is 41.1 Å². The molecule has 4 nitrogen and oxygen atoms in total. The molecule has 0 aromatic carbocycles. The van der Waals surface area contributed by atoms with Crippen molar-refractivity contribution < 1.29 is 4.79 Å². The lowest BCUT2D eigenvalue weighted by molar-refractivity contribution is -0.121. The summed E-state index contributed by atoms with van der Waals surface area (Å²) in [6, 6.07) is 0. The van der Waals surface area contributed by atoms with Crippen molar-refractivity contribution in [1.82, 2.24) is 4.90 Å². The van der Waals surface area contributed by atoms with Crippen molar-refractivity contribution in [1.29, 1.82) is 0 Å². The van der Waals surface area contributed by atoms with E-state index in [0.29, 0.717) is 17.2 Å². The van der Waals surface area contributed by atoms with Gasteiger partial charge in [-0.25, -0.2) is 0 Å². The lowest BCUT2D eigenvalue weighted by Crippen LogP contribution is -2.48. The minimum Gasteiger partial charge on any atom is -0.368 e. The van der Waals surface area contributed by atoms with Crippen molar-refractivity contribution >= 4 is 17.7 Å². The summed E-state index contributed by atoms with van der Waals surface area (Å²) in [5.41, 5.74) is 10.5. The van der Waals surface area contributed by atoms with E-state index in [-0.39, 0.29) is 5.91 Å². The molecule has 4 N–H and O–H groups in total. The lowest BCUT2D eigenvalue weighted by Gasteiger charge is -2.26. The largest absolute Gasteiger partial charge is 0.368 e. The summed E-state index contributed by atoms with van der Waals surface area (Å²) in [7, 11) is 0. The summed E-state index contributed by atoms with van der Waals surface area (Å²) >= 11 is 1.82. The first-order chi connectivity index (χ1) is 6.51. The van der Waals surface area contributed by atoms with Crippen molar-refractivity contribution in [3.63, 3.8) is 0 Å². The molecule has 1 aliphatic heterocycles. The molecule has 2 fully saturated rings. The predicted octanol–water partition coefficient (Wildman–Crippen LogP) is -0.560. The number of fused-ring (bicyclic) bond motifs is 1. The maximum atomic E-state index is 11.1. The van der Waals surface area contributed by atoms with Gasteiger partial charge in [-0.05, 0) is 13.2 Å². The topological polar surface area (TPSA) is 72.3 Å². The summed E-state index contributed by atoms with van der Waals surface area (Å²) in [4.78, 5) is 13.5. The number of carbonyl (C=O) groups excluding carboxylic acids is 1. The van der Waals surface area contributed by atoms with Crippen LogP contribution in [0.25, 0.3) is 0 Å². The summed E-state index contributed by atoms with van der Waals surface area (Å²) in [5.74, 6) is 0.271. The average Bonchev–Trinajstić information content (AvgIpc) is 2.59. The average molecular weight is 215 g/mol. The second-order valence-electron chi connectivity index (χ2n) is 4.30. The summed E-state index contributed by atoms with van der Waals surface area (Å²) in [6.07, 6.45) is 2.10. The van der Waals surface area contributed by atoms with Crippen LogP contribution in [-0.2, 0) is 4.79 Å². The van der Waals surface area contributed by atoms with Crippen LogP contribution in [0.4, 0.5) is 0 Å². The van der Waals surface area contributed by atoms with Gasteiger partial charge < -0.3 is 11.5 Å². The highest BCUT2D eigenvalue weighted by Crippen LogP contribution is 2.54. The Morgan fingerprint density at radius 1 is 1.57 bits per heavy atom. The highest BCUT2D eigenvalue weighted by atomic mass is 32.2. The SMILES string of the molecule is CSC(C)N1CC2C(C1)C2(N)C(N)=O. The van der Waals surface area contributed by atoms with Gasteiger partial charge in [-0.1, -0.05) is 0 Å². The molecule has 0 radical (unpaired) electrons. The van der Waals surface area contributed by atoms with Crippen LogP contribution in [0.15, 0.2) is 0 Å². The van der Waals surface area contributed by atoms with Gasteiger partial charge in [0.15, 0.2) is 0 Å². The second-order valence-corrected chi connectivity index (χ2v) is 5.45. The number of piperidine rings is 1. The van der Waals surface area contributed by atoms with Crippen LogP contribution < -0.4 is 11.5 Å². The van der Waals surface area contributed by atoms with Crippen molar-refractivity contribution in [3.05, 3.63) is 0 Å². The first-order valence-corrected chi connectivity index (χ1v) is 6.16. The molecule has 1 aliphatic carbocycles. The fourth-order valence-corrected chi connectivity index (χ4v) is 2.98. The Balaban J connectivity index is 1.96. The van der Waals surface area contributed by atoms with Gasteiger partial charge in [0, 0.05) is 24.9 Å². The van der Waals surface area contributed by atoms with E-state index in [4.69, 9.17) is 11.5 Å². The standard InChI is InChI=1S/C9H17N3OS/c1-5(14-2)12-3-6-7(4-12)9(6,11)8(10)13/h5-7H,3-4,11H2,1-2H3,(H2,10,13). The quantitative estimate of drug-likeness (QED) is 0.662. The monoisotopic (exact) mass is 215 g/mol. The Hall–Kier alpha value is -0.260. The number of thioether (sulfide) groups is 1. The van der Waals surface area contributed by atoms with Gasteiger partial charge in [-0.2, -0.15) is 0 Å². The Morgan fingerprint density at radius 2 is 2.07 bits per heavy atom. The fourth-order valence-electron chi connectivity index (χ4n) is 2.51. The molecule has 1 saturated heterocycles. The Labute approximate surface area is 88.4 Å². The van der Waals surface area contributed by atoms with Crippen LogP contribution >= 0.6 is 11.8 Å². The van der Waals surface area contributed by atoms with Crippen molar-refractivity contribution in [2.75, 3.05) is 19.3 Å². The predicted molar refractivity (Wildman–Crippen MR) is 57.6 cm³/mol. The third-order valence-corrected chi connectivity index (χ3v) is 4.73. The first-order valence-electron chi connectivity index (χ1n) is 4.87. The van der Waals surface area contributed by atoms with Crippen molar-refractivity contribution in [2.24, 2.45) is 23.3 Å². The second kappa shape index (κ2) is 3.12. The zero-order valence-electron chi connectivity index (χ0n) is 8.56. The van der Waals surface area contributed by atoms with Gasteiger partial charge in [0.1, 0.15) is 5.54 Å². The third-order valence-electron chi connectivity index (χ3n) is 3.75. The molecule has 5 heteroatoms. The number of likely N-dealkylation sites (tertiary alicyclic amines) is 1. The molecule has 3 unspecified atom stereocenters. The van der Waals surface area contributed by atoms with Gasteiger partial charge in [0.05, 0.1) is 5.37 Å². The zero-order valence-corrected chi connectivity index (χ0v) is 9.38. The molecular weight excluding hydrogens is 198 g/mol. The Kier molecular flexibility index (Phi) is 2.28. The van der Waals surface area contributed by atoms with Crippen LogP contribution in [0.2, 0.25) is 0 Å². The van der Waals surface area contributed by atoms with Gasteiger partial charge in [-0.15, -0.1) is 11.8 Å². The minimum absolute atomic E-state index is 0.301. The van der Waals surface area contributed by atoms with Crippen LogP contribution in [0.5, 0.6) is 0 Å². The molecule has 80 valence electrons. The molecule has 3 atom stereocenters. The number of amides is 1. The number of rotatable bonds is 3. The van der Waals surface area contributed by atoms with Crippen LogP contribution in [0, 0.1) is 11.8 Å². The highest BCUT2D eigenvalue weighted by Gasteiger charge is 2.69. The van der Waals surface area contributed by atoms with E-state index in [1.807, 2.05) is 11.8 Å². The fraction of sp³-hybridized carbons (Fsp3) is 0.889. The van der Waals surface area contributed by atoms with E-state index in [2.05, 4.69) is 18.1 Å².